The third-order valence-electron chi connectivity index (χ3n) is 11.9. The average Bonchev–Trinajstić information content (AvgIpc) is 3.83. The third kappa shape index (κ3) is 6.11. The molecule has 0 saturated heterocycles. The summed E-state index contributed by atoms with van der Waals surface area (Å²) in [5.41, 5.74) is -0.891. The van der Waals surface area contributed by atoms with Crippen LogP contribution in [0.15, 0.2) is 109 Å². The van der Waals surface area contributed by atoms with Gasteiger partial charge in [0.15, 0.2) is 11.6 Å². The van der Waals surface area contributed by atoms with Crippen molar-refractivity contribution in [3.05, 3.63) is 163 Å². The van der Waals surface area contributed by atoms with Gasteiger partial charge in [-0.2, -0.15) is 26.3 Å². The molecule has 0 aliphatic heterocycles. The highest BCUT2D eigenvalue weighted by atomic mass is 32.1. The monoisotopic (exact) mass is 852 g/mol. The number of fused-ring (bicyclic) bond motifs is 4. The first-order valence-electron chi connectivity index (χ1n) is 19.5. The summed E-state index contributed by atoms with van der Waals surface area (Å²) in [6, 6.07) is 30.9. The lowest BCUT2D eigenvalue weighted by atomic mass is 9.69. The lowest BCUT2D eigenvalue weighted by molar-refractivity contribution is -0.254. The second-order valence-electron chi connectivity index (χ2n) is 17.9. The summed E-state index contributed by atoms with van der Waals surface area (Å²) in [6.07, 6.45) is 0. The van der Waals surface area contributed by atoms with Gasteiger partial charge in [0.1, 0.15) is 0 Å². The number of hydrogen-bond donors (Lipinski definition) is 0. The number of halogens is 6. The lowest BCUT2D eigenvalue weighted by Crippen LogP contribution is -2.49. The first kappa shape index (κ1) is 41.7. The van der Waals surface area contributed by atoms with E-state index in [4.69, 9.17) is 0 Å². The maximum absolute atomic E-state index is 16.8. The van der Waals surface area contributed by atoms with Crippen molar-refractivity contribution in [3.63, 3.8) is 0 Å². The van der Waals surface area contributed by atoms with Crippen LogP contribution in [-0.4, -0.2) is 29.3 Å². The van der Waals surface area contributed by atoms with Crippen molar-refractivity contribution in [2.45, 2.75) is 89.4 Å². The molecule has 0 amide bonds. The zero-order chi connectivity index (χ0) is 43.5. The van der Waals surface area contributed by atoms with Crippen molar-refractivity contribution in [1.82, 2.24) is 0 Å². The summed E-state index contributed by atoms with van der Waals surface area (Å²) in [5.74, 6) is -16.7. The molecule has 308 valence electrons. The zero-order valence-corrected chi connectivity index (χ0v) is 35.9. The number of Topliss-reactive ketones (excluding diaryl/α,β-unsaturated/α-hetero) is 2. The number of thiophene rings is 2. The topological polar surface area (TPSA) is 34.1 Å². The van der Waals surface area contributed by atoms with Crippen LogP contribution in [0, 0.1) is 0 Å². The van der Waals surface area contributed by atoms with Crippen molar-refractivity contribution in [3.8, 4) is 20.9 Å². The van der Waals surface area contributed by atoms with Crippen molar-refractivity contribution in [2.24, 2.45) is 0 Å². The molecule has 10 heteroatoms. The summed E-state index contributed by atoms with van der Waals surface area (Å²) in [5, 5.41) is 0. The summed E-state index contributed by atoms with van der Waals surface area (Å²) in [6.45, 7) is 15.1. The molecule has 0 spiro atoms. The van der Waals surface area contributed by atoms with Gasteiger partial charge >= 0.3 is 17.8 Å². The molecule has 0 unspecified atom stereocenters. The molecule has 2 aliphatic carbocycles. The number of rotatable bonds is 6. The van der Waals surface area contributed by atoms with E-state index in [2.05, 4.69) is 41.5 Å². The Bertz CT molecular complexity index is 2530. The Balaban J connectivity index is 1.57. The Morgan fingerprint density at radius 2 is 0.800 bits per heavy atom. The highest BCUT2D eigenvalue weighted by molar-refractivity contribution is 7.18. The van der Waals surface area contributed by atoms with Crippen LogP contribution in [-0.2, 0) is 16.2 Å². The molecule has 2 nitrogen and oxygen atoms in total. The number of carbonyl (C=O) groups excluding carboxylic acids is 2. The van der Waals surface area contributed by atoms with Gasteiger partial charge in [-0.25, -0.2) is 0 Å². The van der Waals surface area contributed by atoms with Gasteiger partial charge < -0.3 is 0 Å². The average molecular weight is 853 g/mol. The molecule has 0 bridgehead atoms. The standard InChI is InChI=1S/C50H42F6O2S2/c1-27(57)29-9-13-31(14-10-29)39-25-37-41-42(49(53,54)50(55,56)48(41,51)52)38-26-40(32-15-11-30(12-16-32)28(2)58)60-44(38)47(43(37)59-39,35-21-17-33(18-22-35)45(3,4)5)36-23-19-34(20-24-36)46(6,7)8/h9-26H,1-8H3. The first-order chi connectivity index (χ1) is 27.9. The Kier molecular flexibility index (Phi) is 9.53. The maximum Gasteiger partial charge on any atom is 0.380 e. The van der Waals surface area contributed by atoms with Crippen molar-refractivity contribution >= 4 is 45.4 Å². The van der Waals surface area contributed by atoms with Gasteiger partial charge in [-0.05, 0) is 70.2 Å². The van der Waals surface area contributed by atoms with Gasteiger partial charge in [0.25, 0.3) is 0 Å². The zero-order valence-electron chi connectivity index (χ0n) is 34.3. The summed E-state index contributed by atoms with van der Waals surface area (Å²) >= 11 is 2.17. The second kappa shape index (κ2) is 13.7. The Morgan fingerprint density at radius 3 is 1.08 bits per heavy atom. The molecular weight excluding hydrogens is 811 g/mol. The minimum absolute atomic E-state index is 0.180. The normalized spacial score (nSPS) is 17.4. The number of alkyl halides is 6. The molecule has 0 atom stereocenters. The molecule has 8 rings (SSSR count). The number of ketones is 2. The van der Waals surface area contributed by atoms with E-state index >= 15 is 26.3 Å². The van der Waals surface area contributed by atoms with E-state index < -0.39 is 45.5 Å². The number of allylic oxidation sites excluding steroid dienone is 2. The Morgan fingerprint density at radius 1 is 0.483 bits per heavy atom. The Labute approximate surface area is 353 Å². The fourth-order valence-corrected chi connectivity index (χ4v) is 11.3. The fourth-order valence-electron chi connectivity index (χ4n) is 8.40. The minimum atomic E-state index is -5.77. The van der Waals surface area contributed by atoms with Crippen molar-refractivity contribution in [1.29, 1.82) is 0 Å². The van der Waals surface area contributed by atoms with E-state index in [1.54, 1.807) is 48.5 Å². The number of hydrogen-bond acceptors (Lipinski definition) is 4. The molecule has 0 N–H and O–H groups in total. The van der Waals surface area contributed by atoms with Crippen molar-refractivity contribution in [2.75, 3.05) is 0 Å². The SMILES string of the molecule is CC(=O)c1ccc(-c2cc3c(s2)C(c2ccc(C(C)(C)C)cc2)(c2ccc(C(C)(C)C)cc2)c2sc(-c4ccc(C(C)=O)cc4)cc2C2=C3C(F)(F)C(F)(F)C2(F)F)cc1. The number of benzene rings is 4. The predicted octanol–water partition coefficient (Wildman–Crippen LogP) is 14.7. The molecule has 4 aromatic carbocycles. The Hall–Kier alpha value is -5.06. The van der Waals surface area contributed by atoms with Gasteiger partial charge in [0.2, 0.25) is 0 Å². The molecule has 2 aromatic heterocycles. The molecule has 6 aromatic rings. The van der Waals surface area contributed by atoms with Crippen molar-refractivity contribution < 1.29 is 35.9 Å². The van der Waals surface area contributed by atoms with E-state index in [-0.39, 0.29) is 32.2 Å². The molecular formula is C50H42F6O2S2. The maximum atomic E-state index is 16.8. The van der Waals surface area contributed by atoms with Crippen LogP contribution < -0.4 is 0 Å². The molecule has 0 radical (unpaired) electrons. The molecule has 2 aliphatic rings. The van der Waals surface area contributed by atoms with E-state index in [1.165, 1.54) is 26.0 Å². The largest absolute Gasteiger partial charge is 0.380 e. The number of carbonyl (C=O) groups is 2. The van der Waals surface area contributed by atoms with Crippen LogP contribution in [0.1, 0.15) is 119 Å². The van der Waals surface area contributed by atoms with E-state index in [0.29, 0.717) is 43.1 Å². The molecule has 0 fully saturated rings. The first-order valence-corrected chi connectivity index (χ1v) is 21.2. The van der Waals surface area contributed by atoms with Crippen LogP contribution in [0.5, 0.6) is 0 Å². The lowest BCUT2D eigenvalue weighted by Gasteiger charge is -2.37. The molecule has 2 heterocycles. The highest BCUT2D eigenvalue weighted by Gasteiger charge is 2.81. The molecule has 60 heavy (non-hydrogen) atoms. The summed E-state index contributed by atoms with van der Waals surface area (Å²) in [7, 11) is 0. The van der Waals surface area contributed by atoms with E-state index in [1.807, 2.05) is 48.5 Å². The minimum Gasteiger partial charge on any atom is -0.295 e. The van der Waals surface area contributed by atoms with Crippen LogP contribution >= 0.6 is 22.7 Å². The quantitative estimate of drug-likeness (QED) is 0.124. The van der Waals surface area contributed by atoms with Crippen LogP contribution in [0.4, 0.5) is 26.3 Å². The second-order valence-corrected chi connectivity index (χ2v) is 20.0. The van der Waals surface area contributed by atoms with E-state index in [9.17, 15) is 9.59 Å². The van der Waals surface area contributed by atoms with Crippen LogP contribution in [0.3, 0.4) is 0 Å². The third-order valence-corrected chi connectivity index (χ3v) is 14.5. The molecule has 0 saturated carbocycles. The van der Waals surface area contributed by atoms with Gasteiger partial charge in [-0.15, -0.1) is 22.7 Å². The predicted molar refractivity (Wildman–Crippen MR) is 230 cm³/mol. The van der Waals surface area contributed by atoms with E-state index in [0.717, 1.165) is 33.8 Å². The van der Waals surface area contributed by atoms with Gasteiger partial charge in [-0.1, -0.05) is 139 Å². The van der Waals surface area contributed by atoms with Gasteiger partial charge in [-0.3, -0.25) is 9.59 Å². The highest BCUT2D eigenvalue weighted by Crippen LogP contribution is 2.70. The smallest absolute Gasteiger partial charge is 0.295 e. The summed E-state index contributed by atoms with van der Waals surface area (Å²) < 4.78 is 99.1. The van der Waals surface area contributed by atoms with Crippen LogP contribution in [0.25, 0.3) is 32.0 Å². The van der Waals surface area contributed by atoms with Gasteiger partial charge in [0.05, 0.1) is 5.41 Å². The van der Waals surface area contributed by atoms with Gasteiger partial charge in [0, 0.05) is 52.9 Å². The van der Waals surface area contributed by atoms with Crippen LogP contribution in [0.2, 0.25) is 0 Å². The summed E-state index contributed by atoms with van der Waals surface area (Å²) in [4.78, 5) is 25.5. The fraction of sp³-hybridized carbons (Fsp3) is 0.280.